The molecule has 4 nitrogen and oxygen atoms in total. The van der Waals surface area contributed by atoms with Crippen LogP contribution in [0.4, 0.5) is 0 Å². The number of nitrogens with two attached hydrogens (primary N) is 2. The first kappa shape index (κ1) is 19.0. The van der Waals surface area contributed by atoms with Gasteiger partial charge in [-0.1, -0.05) is 0 Å². The van der Waals surface area contributed by atoms with Crippen molar-refractivity contribution < 1.29 is 0 Å². The second kappa shape index (κ2) is 29.5. The fraction of sp³-hybridized carbons (Fsp3) is 0.600. The molecule has 0 saturated carbocycles. The van der Waals surface area contributed by atoms with Crippen molar-refractivity contribution in [3.63, 3.8) is 0 Å². The van der Waals surface area contributed by atoms with Gasteiger partial charge in [0, 0.05) is 39.3 Å². The lowest BCUT2D eigenvalue weighted by molar-refractivity contribution is 0.618. The topological polar surface area (TPSA) is 76.1 Å². The van der Waals surface area contributed by atoms with E-state index in [0.29, 0.717) is 13.1 Å². The summed E-state index contributed by atoms with van der Waals surface area (Å²) in [6, 6.07) is 0. The van der Waals surface area contributed by atoms with E-state index in [0.717, 1.165) is 26.2 Å². The maximum absolute atomic E-state index is 5.27. The van der Waals surface area contributed by atoms with Crippen molar-refractivity contribution in [3.05, 3.63) is 26.3 Å². The fourth-order valence-electron chi connectivity index (χ4n) is 0.631. The average Bonchev–Trinajstić information content (AvgIpc) is 2.29. The monoisotopic (exact) mass is 202 g/mol. The normalized spacial score (nSPS) is 7.86. The first-order valence-electron chi connectivity index (χ1n) is 4.73. The number of hydrogen-bond donors (Lipinski definition) is 4. The molecular formula is C10H26N4. The largest absolute Gasteiger partial charge is 0.329 e. The zero-order valence-electron chi connectivity index (χ0n) is 9.23. The van der Waals surface area contributed by atoms with E-state index in [1.54, 1.807) is 0 Å². The molecule has 0 rings (SSSR count). The number of nitrogens with one attached hydrogen (secondary N) is 2. The van der Waals surface area contributed by atoms with Gasteiger partial charge in [0.1, 0.15) is 0 Å². The van der Waals surface area contributed by atoms with Crippen molar-refractivity contribution in [2.24, 2.45) is 11.5 Å². The summed E-state index contributed by atoms with van der Waals surface area (Å²) in [7, 11) is 0. The van der Waals surface area contributed by atoms with Crippen LogP contribution in [0, 0.1) is 0 Å². The van der Waals surface area contributed by atoms with Gasteiger partial charge in [0.05, 0.1) is 0 Å². The molecule has 0 aliphatic rings. The molecule has 0 unspecified atom stereocenters. The Morgan fingerprint density at radius 3 is 1.14 bits per heavy atom. The maximum atomic E-state index is 5.27. The molecule has 0 heterocycles. The molecule has 6 N–H and O–H groups in total. The van der Waals surface area contributed by atoms with E-state index < -0.39 is 0 Å². The summed E-state index contributed by atoms with van der Waals surface area (Å²) < 4.78 is 0. The standard InChI is InChI=1S/C6H18N4.2C2H4/c7-1-3-9-5-6-10-4-2-8;2*1-2/h9-10H,1-8H2;2*1-2H2. The van der Waals surface area contributed by atoms with E-state index in [4.69, 9.17) is 11.5 Å². The molecule has 14 heavy (non-hydrogen) atoms. The summed E-state index contributed by atoms with van der Waals surface area (Å²) in [6.07, 6.45) is 0. The van der Waals surface area contributed by atoms with Crippen LogP contribution in [0.5, 0.6) is 0 Å². The predicted molar refractivity (Wildman–Crippen MR) is 66.4 cm³/mol. The van der Waals surface area contributed by atoms with Crippen molar-refractivity contribution in [2.45, 2.75) is 0 Å². The molecule has 0 amide bonds. The molecule has 0 spiro atoms. The second-order valence-corrected chi connectivity index (χ2v) is 2.08. The van der Waals surface area contributed by atoms with Crippen LogP contribution in [0.25, 0.3) is 0 Å². The third kappa shape index (κ3) is 30.2. The van der Waals surface area contributed by atoms with E-state index in [2.05, 4.69) is 36.9 Å². The zero-order chi connectivity index (χ0) is 11.7. The lowest BCUT2D eigenvalue weighted by atomic mass is 10.5. The smallest absolute Gasteiger partial charge is 0.00772 e. The minimum absolute atomic E-state index is 0.705. The Morgan fingerprint density at radius 1 is 0.643 bits per heavy atom. The lowest BCUT2D eigenvalue weighted by Gasteiger charge is -2.03. The fourth-order valence-corrected chi connectivity index (χ4v) is 0.631. The zero-order valence-corrected chi connectivity index (χ0v) is 9.23. The molecule has 0 saturated heterocycles. The highest BCUT2D eigenvalue weighted by atomic mass is 14.9. The SMILES string of the molecule is C=C.C=C.NCCNCCNCCN. The van der Waals surface area contributed by atoms with Gasteiger partial charge in [-0.3, -0.25) is 0 Å². The van der Waals surface area contributed by atoms with E-state index in [1.165, 1.54) is 0 Å². The maximum Gasteiger partial charge on any atom is 0.00772 e. The van der Waals surface area contributed by atoms with Gasteiger partial charge in [0.15, 0.2) is 0 Å². The quantitative estimate of drug-likeness (QED) is 0.337. The van der Waals surface area contributed by atoms with Crippen molar-refractivity contribution in [2.75, 3.05) is 39.3 Å². The molecule has 0 bridgehead atoms. The minimum atomic E-state index is 0.705. The second-order valence-electron chi connectivity index (χ2n) is 2.08. The van der Waals surface area contributed by atoms with Gasteiger partial charge in [-0.2, -0.15) is 0 Å². The third-order valence-electron chi connectivity index (χ3n) is 1.12. The molecule has 0 aliphatic heterocycles. The molecule has 4 heteroatoms. The first-order chi connectivity index (χ1) is 6.91. The molecule has 0 radical (unpaired) electrons. The minimum Gasteiger partial charge on any atom is -0.329 e. The summed E-state index contributed by atoms with van der Waals surface area (Å²) in [5.41, 5.74) is 10.5. The van der Waals surface area contributed by atoms with Gasteiger partial charge in [0.2, 0.25) is 0 Å². The van der Waals surface area contributed by atoms with E-state index in [9.17, 15) is 0 Å². The Balaban J connectivity index is -0.000000266. The van der Waals surface area contributed by atoms with Crippen molar-refractivity contribution in [3.8, 4) is 0 Å². The third-order valence-corrected chi connectivity index (χ3v) is 1.12. The molecule has 0 aromatic carbocycles. The van der Waals surface area contributed by atoms with Crippen LogP contribution < -0.4 is 22.1 Å². The first-order valence-corrected chi connectivity index (χ1v) is 4.73. The van der Waals surface area contributed by atoms with Crippen LogP contribution >= 0.6 is 0 Å². The van der Waals surface area contributed by atoms with Gasteiger partial charge >= 0.3 is 0 Å². The van der Waals surface area contributed by atoms with Crippen LogP contribution in [0.2, 0.25) is 0 Å². The van der Waals surface area contributed by atoms with Crippen molar-refractivity contribution in [1.29, 1.82) is 0 Å². The van der Waals surface area contributed by atoms with Crippen LogP contribution in [-0.2, 0) is 0 Å². The van der Waals surface area contributed by atoms with Gasteiger partial charge in [-0.05, 0) is 0 Å². The summed E-state index contributed by atoms with van der Waals surface area (Å²) in [4.78, 5) is 0. The molecule has 0 aliphatic carbocycles. The Bertz CT molecular complexity index is 68.5. The Labute approximate surface area is 88.4 Å². The van der Waals surface area contributed by atoms with Gasteiger partial charge < -0.3 is 22.1 Å². The van der Waals surface area contributed by atoms with Crippen LogP contribution in [0.1, 0.15) is 0 Å². The Kier molecular flexibility index (Phi) is 40.0. The summed E-state index contributed by atoms with van der Waals surface area (Å²) >= 11 is 0. The molecular weight excluding hydrogens is 176 g/mol. The number of rotatable bonds is 7. The van der Waals surface area contributed by atoms with E-state index in [1.807, 2.05) is 0 Å². The Hall–Kier alpha value is -0.680. The van der Waals surface area contributed by atoms with Crippen LogP contribution in [0.15, 0.2) is 26.3 Å². The van der Waals surface area contributed by atoms with Crippen molar-refractivity contribution in [1.82, 2.24) is 10.6 Å². The van der Waals surface area contributed by atoms with Crippen LogP contribution in [-0.4, -0.2) is 39.3 Å². The number of hydrogen-bond acceptors (Lipinski definition) is 4. The van der Waals surface area contributed by atoms with Crippen LogP contribution in [0.3, 0.4) is 0 Å². The summed E-state index contributed by atoms with van der Waals surface area (Å²) in [5.74, 6) is 0. The summed E-state index contributed by atoms with van der Waals surface area (Å²) in [5, 5.41) is 6.33. The molecule has 86 valence electrons. The highest BCUT2D eigenvalue weighted by molar-refractivity contribution is 4.51. The molecule has 0 fully saturated rings. The highest BCUT2D eigenvalue weighted by Gasteiger charge is 1.83. The molecule has 0 aromatic rings. The van der Waals surface area contributed by atoms with E-state index >= 15 is 0 Å². The van der Waals surface area contributed by atoms with E-state index in [-0.39, 0.29) is 0 Å². The lowest BCUT2D eigenvalue weighted by Crippen LogP contribution is -2.32. The average molecular weight is 202 g/mol. The highest BCUT2D eigenvalue weighted by Crippen LogP contribution is 1.57. The molecule has 0 aromatic heterocycles. The summed E-state index contributed by atoms with van der Waals surface area (Å²) in [6.45, 7) is 17.1. The van der Waals surface area contributed by atoms with Crippen molar-refractivity contribution >= 4 is 0 Å². The van der Waals surface area contributed by atoms with Gasteiger partial charge in [0.25, 0.3) is 0 Å². The molecule has 0 atom stereocenters. The van der Waals surface area contributed by atoms with Gasteiger partial charge in [-0.15, -0.1) is 26.3 Å². The van der Waals surface area contributed by atoms with Gasteiger partial charge in [-0.25, -0.2) is 0 Å². The Morgan fingerprint density at radius 2 is 0.929 bits per heavy atom. The predicted octanol–water partition coefficient (Wildman–Crippen LogP) is -0.313.